The smallest absolute Gasteiger partial charge is 0.339 e. The van der Waals surface area contributed by atoms with E-state index in [-0.39, 0.29) is 0 Å². The Morgan fingerprint density at radius 3 is 2.19 bits per heavy atom. The van der Waals surface area contributed by atoms with E-state index in [9.17, 15) is 9.90 Å². The monoisotopic (exact) mass is 292 g/mol. The average molecular weight is 292 g/mol. The van der Waals surface area contributed by atoms with Crippen LogP contribution in [0.4, 0.5) is 0 Å². The first kappa shape index (κ1) is 17.7. The molecule has 0 saturated heterocycles. The van der Waals surface area contributed by atoms with Crippen LogP contribution in [0.1, 0.15) is 70.0 Å². The number of benzene rings is 1. The molecule has 0 radical (unpaired) electrons. The molecular formula is C18H28O3. The van der Waals surface area contributed by atoms with Gasteiger partial charge in [0.15, 0.2) is 6.10 Å². The van der Waals surface area contributed by atoms with Crippen molar-refractivity contribution in [1.29, 1.82) is 0 Å². The lowest BCUT2D eigenvalue weighted by atomic mass is 10.1. The standard InChI is InChI=1S/C18H28O3/c1-2-3-4-5-6-7-8-12-15-21-18(20)17(19)16-13-10-9-11-14-16/h9-11,13-14,17,19H,2-8,12,15H2,1H3. The van der Waals surface area contributed by atoms with Crippen LogP contribution in [0.3, 0.4) is 0 Å². The molecule has 1 aromatic rings. The molecule has 0 aromatic heterocycles. The van der Waals surface area contributed by atoms with Crippen LogP contribution < -0.4 is 0 Å². The number of carbonyl (C=O) groups excluding carboxylic acids is 1. The third kappa shape index (κ3) is 7.86. The van der Waals surface area contributed by atoms with Crippen LogP contribution >= 0.6 is 0 Å². The summed E-state index contributed by atoms with van der Waals surface area (Å²) in [7, 11) is 0. The highest BCUT2D eigenvalue weighted by atomic mass is 16.5. The molecule has 3 heteroatoms. The highest BCUT2D eigenvalue weighted by Gasteiger charge is 2.18. The van der Waals surface area contributed by atoms with Crippen LogP contribution in [0, 0.1) is 0 Å². The van der Waals surface area contributed by atoms with Crippen molar-refractivity contribution in [2.75, 3.05) is 6.61 Å². The zero-order chi connectivity index (χ0) is 15.3. The second-order valence-corrected chi connectivity index (χ2v) is 5.46. The molecule has 0 amide bonds. The van der Waals surface area contributed by atoms with Gasteiger partial charge in [-0.05, 0) is 12.0 Å². The quantitative estimate of drug-likeness (QED) is 0.485. The number of hydrogen-bond acceptors (Lipinski definition) is 3. The second-order valence-electron chi connectivity index (χ2n) is 5.46. The summed E-state index contributed by atoms with van der Waals surface area (Å²) in [5.41, 5.74) is 0.582. The molecule has 1 aromatic carbocycles. The highest BCUT2D eigenvalue weighted by Crippen LogP contribution is 2.14. The van der Waals surface area contributed by atoms with Crippen molar-refractivity contribution < 1.29 is 14.6 Å². The number of rotatable bonds is 11. The van der Waals surface area contributed by atoms with Gasteiger partial charge in [0.05, 0.1) is 6.61 Å². The van der Waals surface area contributed by atoms with Crippen molar-refractivity contribution >= 4 is 5.97 Å². The Bertz CT molecular complexity index is 375. The summed E-state index contributed by atoms with van der Waals surface area (Å²) in [4.78, 5) is 11.7. The van der Waals surface area contributed by atoms with Crippen LogP contribution in [0.2, 0.25) is 0 Å². The molecule has 1 rings (SSSR count). The van der Waals surface area contributed by atoms with Crippen LogP contribution in [0.5, 0.6) is 0 Å². The number of esters is 1. The molecule has 21 heavy (non-hydrogen) atoms. The van der Waals surface area contributed by atoms with Gasteiger partial charge in [-0.25, -0.2) is 4.79 Å². The lowest BCUT2D eigenvalue weighted by molar-refractivity contribution is -0.154. The van der Waals surface area contributed by atoms with Gasteiger partial charge in [-0.15, -0.1) is 0 Å². The molecule has 0 bridgehead atoms. The number of unbranched alkanes of at least 4 members (excludes halogenated alkanes) is 7. The van der Waals surface area contributed by atoms with Gasteiger partial charge in [0.25, 0.3) is 0 Å². The summed E-state index contributed by atoms with van der Waals surface area (Å²) in [5, 5.41) is 9.84. The van der Waals surface area contributed by atoms with Crippen molar-refractivity contribution in [2.24, 2.45) is 0 Å². The molecule has 0 aliphatic heterocycles. The van der Waals surface area contributed by atoms with Crippen molar-refractivity contribution in [3.8, 4) is 0 Å². The summed E-state index contributed by atoms with van der Waals surface area (Å²) < 4.78 is 5.11. The Kier molecular flexibility index (Phi) is 9.55. The minimum Gasteiger partial charge on any atom is -0.464 e. The van der Waals surface area contributed by atoms with E-state index in [1.165, 1.54) is 38.5 Å². The fraction of sp³-hybridized carbons (Fsp3) is 0.611. The Morgan fingerprint density at radius 1 is 1.00 bits per heavy atom. The first-order chi connectivity index (χ1) is 10.3. The van der Waals surface area contributed by atoms with Gasteiger partial charge in [0.1, 0.15) is 0 Å². The minimum absolute atomic E-state index is 0.400. The van der Waals surface area contributed by atoms with Crippen molar-refractivity contribution in [3.63, 3.8) is 0 Å². The number of ether oxygens (including phenoxy) is 1. The Balaban J connectivity index is 2.03. The number of carbonyl (C=O) groups is 1. The number of hydrogen-bond donors (Lipinski definition) is 1. The van der Waals surface area contributed by atoms with Gasteiger partial charge in [-0.3, -0.25) is 0 Å². The first-order valence-electron chi connectivity index (χ1n) is 8.15. The molecule has 0 aliphatic rings. The van der Waals surface area contributed by atoms with E-state index in [1.807, 2.05) is 6.07 Å². The van der Waals surface area contributed by atoms with Crippen LogP contribution in [0.25, 0.3) is 0 Å². The predicted octanol–water partition coefficient (Wildman–Crippen LogP) is 4.40. The Morgan fingerprint density at radius 2 is 1.57 bits per heavy atom. The first-order valence-corrected chi connectivity index (χ1v) is 8.15. The van der Waals surface area contributed by atoms with E-state index in [2.05, 4.69) is 6.92 Å². The maximum Gasteiger partial charge on any atom is 0.339 e. The second kappa shape index (κ2) is 11.3. The van der Waals surface area contributed by atoms with Crippen LogP contribution in [-0.4, -0.2) is 17.7 Å². The van der Waals surface area contributed by atoms with Crippen molar-refractivity contribution in [3.05, 3.63) is 35.9 Å². The fourth-order valence-electron chi connectivity index (χ4n) is 2.26. The summed E-state index contributed by atoms with van der Waals surface area (Å²) >= 11 is 0. The molecule has 0 fully saturated rings. The third-order valence-corrected chi connectivity index (χ3v) is 3.58. The SMILES string of the molecule is CCCCCCCCCCOC(=O)C(O)c1ccccc1. The van der Waals surface area contributed by atoms with Crippen LogP contribution in [0.15, 0.2) is 30.3 Å². The van der Waals surface area contributed by atoms with E-state index >= 15 is 0 Å². The molecular weight excluding hydrogens is 264 g/mol. The van der Waals surface area contributed by atoms with E-state index in [1.54, 1.807) is 24.3 Å². The van der Waals surface area contributed by atoms with E-state index in [4.69, 9.17) is 4.74 Å². The zero-order valence-corrected chi connectivity index (χ0v) is 13.1. The minimum atomic E-state index is -1.17. The molecule has 1 N–H and O–H groups in total. The third-order valence-electron chi connectivity index (χ3n) is 3.58. The Hall–Kier alpha value is -1.35. The van der Waals surface area contributed by atoms with Gasteiger partial charge in [0, 0.05) is 0 Å². The number of aliphatic hydroxyl groups excluding tert-OH is 1. The predicted molar refractivity (Wildman–Crippen MR) is 85.0 cm³/mol. The summed E-state index contributed by atoms with van der Waals surface area (Å²) in [5.74, 6) is -0.552. The molecule has 3 nitrogen and oxygen atoms in total. The van der Waals surface area contributed by atoms with Gasteiger partial charge in [0.2, 0.25) is 0 Å². The maximum atomic E-state index is 11.7. The fourth-order valence-corrected chi connectivity index (χ4v) is 2.26. The molecule has 0 spiro atoms. The van der Waals surface area contributed by atoms with E-state index < -0.39 is 12.1 Å². The molecule has 0 saturated carbocycles. The lowest BCUT2D eigenvalue weighted by Crippen LogP contribution is -2.16. The normalized spacial score (nSPS) is 12.1. The average Bonchev–Trinajstić information content (AvgIpc) is 2.53. The molecule has 1 unspecified atom stereocenters. The topological polar surface area (TPSA) is 46.5 Å². The molecule has 0 aliphatic carbocycles. The van der Waals surface area contributed by atoms with Crippen molar-refractivity contribution in [2.45, 2.75) is 64.4 Å². The summed E-state index contributed by atoms with van der Waals surface area (Å²) in [6.07, 6.45) is 8.50. The maximum absolute atomic E-state index is 11.7. The van der Waals surface area contributed by atoms with Gasteiger partial charge in [-0.2, -0.15) is 0 Å². The molecule has 118 valence electrons. The van der Waals surface area contributed by atoms with Crippen LogP contribution in [-0.2, 0) is 9.53 Å². The summed E-state index contributed by atoms with van der Waals surface area (Å²) in [6.45, 7) is 2.62. The van der Waals surface area contributed by atoms with Gasteiger partial charge < -0.3 is 9.84 Å². The highest BCUT2D eigenvalue weighted by molar-refractivity contribution is 5.76. The zero-order valence-electron chi connectivity index (χ0n) is 13.1. The van der Waals surface area contributed by atoms with Crippen molar-refractivity contribution in [1.82, 2.24) is 0 Å². The number of aliphatic hydroxyl groups is 1. The lowest BCUT2D eigenvalue weighted by Gasteiger charge is -2.10. The Labute approximate surface area is 128 Å². The van der Waals surface area contributed by atoms with Gasteiger partial charge in [-0.1, -0.05) is 82.2 Å². The van der Waals surface area contributed by atoms with Gasteiger partial charge >= 0.3 is 5.97 Å². The summed E-state index contributed by atoms with van der Waals surface area (Å²) in [6, 6.07) is 8.89. The molecule has 1 atom stereocenters. The molecule has 0 heterocycles. The van der Waals surface area contributed by atoms with E-state index in [0.717, 1.165) is 12.8 Å². The largest absolute Gasteiger partial charge is 0.464 e. The van der Waals surface area contributed by atoms with E-state index in [0.29, 0.717) is 12.2 Å².